The van der Waals surface area contributed by atoms with E-state index in [0.717, 1.165) is 46.4 Å². The molecule has 3 aromatic rings. The zero-order valence-electron chi connectivity index (χ0n) is 14.3. The lowest BCUT2D eigenvalue weighted by molar-refractivity contribution is -0.127. The summed E-state index contributed by atoms with van der Waals surface area (Å²) in [7, 11) is 0. The number of halogens is 1. The molecule has 0 spiro atoms. The van der Waals surface area contributed by atoms with E-state index in [-0.39, 0.29) is 11.8 Å². The smallest absolute Gasteiger partial charge is 0.246 e. The molecule has 1 aromatic heterocycles. The Labute approximate surface area is 160 Å². The van der Waals surface area contributed by atoms with Crippen LogP contribution in [0.25, 0.3) is 17.2 Å². The Morgan fingerprint density at radius 1 is 1.19 bits per heavy atom. The lowest BCUT2D eigenvalue weighted by Gasteiger charge is -2.30. The van der Waals surface area contributed by atoms with E-state index in [4.69, 9.17) is 4.42 Å². The summed E-state index contributed by atoms with van der Waals surface area (Å²) < 4.78 is 6.89. The third-order valence-electron chi connectivity index (χ3n) is 4.70. The van der Waals surface area contributed by atoms with Crippen LogP contribution in [0.5, 0.6) is 0 Å². The topological polar surface area (TPSA) is 46.3 Å². The number of oxazole rings is 1. The molecule has 4 nitrogen and oxygen atoms in total. The first-order valence-corrected chi connectivity index (χ1v) is 9.57. The number of carbonyl (C=O) groups excluding carboxylic acids is 1. The number of aromatic nitrogens is 1. The van der Waals surface area contributed by atoms with Crippen molar-refractivity contribution in [2.24, 2.45) is 0 Å². The molecule has 1 atom stereocenters. The first-order valence-electron chi connectivity index (χ1n) is 8.78. The quantitative estimate of drug-likeness (QED) is 0.570. The number of carbonyl (C=O) groups is 1. The maximum Gasteiger partial charge on any atom is 0.246 e. The summed E-state index contributed by atoms with van der Waals surface area (Å²) in [5, 5.41) is 0. The monoisotopic (exact) mass is 410 g/mol. The van der Waals surface area contributed by atoms with Crippen LogP contribution in [0.4, 0.5) is 0 Å². The van der Waals surface area contributed by atoms with Crippen LogP contribution in [-0.4, -0.2) is 28.9 Å². The number of nitrogens with zero attached hydrogens (tertiary/aromatic N) is 2. The largest absolute Gasteiger partial charge is 0.440 e. The van der Waals surface area contributed by atoms with Gasteiger partial charge in [0.1, 0.15) is 5.52 Å². The number of benzene rings is 2. The number of likely N-dealkylation sites (tertiary alicyclic amines) is 1. The van der Waals surface area contributed by atoms with Crippen molar-refractivity contribution in [3.05, 3.63) is 70.5 Å². The Kier molecular flexibility index (Phi) is 4.89. The van der Waals surface area contributed by atoms with Gasteiger partial charge in [0.25, 0.3) is 0 Å². The molecule has 2 heterocycles. The maximum absolute atomic E-state index is 12.6. The highest BCUT2D eigenvalue weighted by Crippen LogP contribution is 2.29. The van der Waals surface area contributed by atoms with Crippen LogP contribution in [0.1, 0.15) is 30.2 Å². The fourth-order valence-corrected chi connectivity index (χ4v) is 3.74. The summed E-state index contributed by atoms with van der Waals surface area (Å²) >= 11 is 3.50. The van der Waals surface area contributed by atoms with Gasteiger partial charge in [-0.05, 0) is 42.7 Å². The molecule has 0 aliphatic carbocycles. The zero-order chi connectivity index (χ0) is 17.9. The molecule has 1 fully saturated rings. The van der Waals surface area contributed by atoms with E-state index in [1.54, 1.807) is 6.08 Å². The normalized spacial score (nSPS) is 17.9. The third-order valence-corrected chi connectivity index (χ3v) is 5.43. The van der Waals surface area contributed by atoms with Gasteiger partial charge < -0.3 is 9.32 Å². The highest BCUT2D eigenvalue weighted by atomic mass is 79.9. The van der Waals surface area contributed by atoms with E-state index >= 15 is 0 Å². The second kappa shape index (κ2) is 7.46. The van der Waals surface area contributed by atoms with E-state index in [0.29, 0.717) is 6.54 Å². The zero-order valence-corrected chi connectivity index (χ0v) is 15.9. The third kappa shape index (κ3) is 3.58. The number of rotatable bonds is 3. The van der Waals surface area contributed by atoms with Crippen molar-refractivity contribution in [2.45, 2.75) is 18.8 Å². The van der Waals surface area contributed by atoms with Crippen LogP contribution in [0.15, 0.2) is 63.5 Å². The highest BCUT2D eigenvalue weighted by Gasteiger charge is 2.27. The van der Waals surface area contributed by atoms with Gasteiger partial charge in [-0.25, -0.2) is 4.98 Å². The van der Waals surface area contributed by atoms with Crippen molar-refractivity contribution in [2.75, 3.05) is 13.1 Å². The first kappa shape index (κ1) is 17.0. The second-order valence-electron chi connectivity index (χ2n) is 6.50. The van der Waals surface area contributed by atoms with Gasteiger partial charge in [0.2, 0.25) is 5.91 Å². The SMILES string of the molecule is O=C(/C=C/c1ccccc1Br)N1CCC[C@@H](c2nc3ccccc3o2)C1. The molecule has 0 saturated carbocycles. The molecule has 2 aromatic carbocycles. The van der Waals surface area contributed by atoms with Gasteiger partial charge in [-0.2, -0.15) is 0 Å². The van der Waals surface area contributed by atoms with Crippen LogP contribution in [0.3, 0.4) is 0 Å². The number of fused-ring (bicyclic) bond motifs is 1. The van der Waals surface area contributed by atoms with E-state index < -0.39 is 0 Å². The molecule has 1 amide bonds. The number of para-hydroxylation sites is 2. The van der Waals surface area contributed by atoms with Gasteiger partial charge in [-0.3, -0.25) is 4.79 Å². The molecule has 0 N–H and O–H groups in total. The molecule has 0 radical (unpaired) electrons. The Bertz CT molecular complexity index is 930. The summed E-state index contributed by atoms with van der Waals surface area (Å²) in [6.07, 6.45) is 5.45. The predicted molar refractivity (Wildman–Crippen MR) is 106 cm³/mol. The number of hydrogen-bond acceptors (Lipinski definition) is 3. The minimum Gasteiger partial charge on any atom is -0.440 e. The fraction of sp³-hybridized carbons (Fsp3) is 0.238. The van der Waals surface area contributed by atoms with Crippen LogP contribution in [0, 0.1) is 0 Å². The predicted octanol–water partition coefficient (Wildman–Crippen LogP) is 5.01. The Balaban J connectivity index is 1.47. The standard InChI is InChI=1S/C21H19BrN2O2/c22-17-8-2-1-6-15(17)11-12-20(25)24-13-5-7-16(14-24)21-23-18-9-3-4-10-19(18)26-21/h1-4,6,8-12,16H,5,7,13-14H2/b12-11+/t16-/m1/s1. The minimum absolute atomic E-state index is 0.0292. The van der Waals surface area contributed by atoms with Crippen molar-refractivity contribution >= 4 is 39.0 Å². The molecule has 0 unspecified atom stereocenters. The van der Waals surface area contributed by atoms with Crippen molar-refractivity contribution in [3.8, 4) is 0 Å². The number of piperidine rings is 1. The highest BCUT2D eigenvalue weighted by molar-refractivity contribution is 9.10. The number of amides is 1. The summed E-state index contributed by atoms with van der Waals surface area (Å²) in [4.78, 5) is 19.1. The summed E-state index contributed by atoms with van der Waals surface area (Å²) in [6.45, 7) is 1.42. The van der Waals surface area contributed by atoms with E-state index in [9.17, 15) is 4.79 Å². The van der Waals surface area contributed by atoms with Gasteiger partial charge in [0, 0.05) is 23.6 Å². The summed E-state index contributed by atoms with van der Waals surface area (Å²) in [5.41, 5.74) is 2.67. The Hall–Kier alpha value is -2.40. The van der Waals surface area contributed by atoms with Gasteiger partial charge in [0.05, 0.1) is 5.92 Å². The van der Waals surface area contributed by atoms with Crippen LogP contribution >= 0.6 is 15.9 Å². The first-order chi connectivity index (χ1) is 12.7. The molecular formula is C21H19BrN2O2. The molecule has 0 bridgehead atoms. The maximum atomic E-state index is 12.6. The molecule has 132 valence electrons. The van der Waals surface area contributed by atoms with Crippen molar-refractivity contribution in [1.29, 1.82) is 0 Å². The lowest BCUT2D eigenvalue weighted by atomic mass is 9.98. The molecule has 1 aliphatic heterocycles. The van der Waals surface area contributed by atoms with E-state index in [2.05, 4.69) is 20.9 Å². The van der Waals surface area contributed by atoms with Crippen LogP contribution < -0.4 is 0 Å². The second-order valence-corrected chi connectivity index (χ2v) is 7.35. The van der Waals surface area contributed by atoms with Gasteiger partial charge in [-0.1, -0.05) is 46.3 Å². The van der Waals surface area contributed by atoms with Crippen molar-refractivity contribution < 1.29 is 9.21 Å². The molecule has 5 heteroatoms. The fourth-order valence-electron chi connectivity index (χ4n) is 3.32. The molecule has 1 aliphatic rings. The summed E-state index contributed by atoms with van der Waals surface area (Å²) in [6, 6.07) is 15.6. The van der Waals surface area contributed by atoms with Gasteiger partial charge >= 0.3 is 0 Å². The Morgan fingerprint density at radius 2 is 2.00 bits per heavy atom. The number of hydrogen-bond donors (Lipinski definition) is 0. The Morgan fingerprint density at radius 3 is 2.85 bits per heavy atom. The van der Waals surface area contributed by atoms with Crippen molar-refractivity contribution in [1.82, 2.24) is 9.88 Å². The van der Waals surface area contributed by atoms with E-state index in [1.807, 2.05) is 59.5 Å². The van der Waals surface area contributed by atoms with Crippen molar-refractivity contribution in [3.63, 3.8) is 0 Å². The molecular weight excluding hydrogens is 392 g/mol. The summed E-state index contributed by atoms with van der Waals surface area (Å²) in [5.74, 6) is 0.914. The average Bonchev–Trinajstić information content (AvgIpc) is 3.11. The van der Waals surface area contributed by atoms with Gasteiger partial charge in [0.15, 0.2) is 11.5 Å². The average molecular weight is 411 g/mol. The molecule has 4 rings (SSSR count). The van der Waals surface area contributed by atoms with Crippen LogP contribution in [-0.2, 0) is 4.79 Å². The van der Waals surface area contributed by atoms with Crippen LogP contribution in [0.2, 0.25) is 0 Å². The molecule has 1 saturated heterocycles. The van der Waals surface area contributed by atoms with E-state index in [1.165, 1.54) is 0 Å². The lowest BCUT2D eigenvalue weighted by Crippen LogP contribution is -2.38. The van der Waals surface area contributed by atoms with Gasteiger partial charge in [-0.15, -0.1) is 0 Å². The molecule has 26 heavy (non-hydrogen) atoms. The minimum atomic E-state index is 0.0292.